The standard InChI is InChI=1S/C15H18FN3/c16-14-8-2-4-12(10-14)7-3-9-18-15(17)19-11-13-5-1-6-13/h2,4,8,10,13H,1,5-6,9,11H2,(H3,17,18,19). The second-order valence-electron chi connectivity index (χ2n) is 4.69. The molecule has 1 aromatic carbocycles. The Morgan fingerprint density at radius 1 is 1.47 bits per heavy atom. The minimum absolute atomic E-state index is 0.277. The van der Waals surface area contributed by atoms with Gasteiger partial charge in [-0.2, -0.15) is 0 Å². The van der Waals surface area contributed by atoms with E-state index in [-0.39, 0.29) is 5.82 Å². The Bertz CT molecular complexity index is 510. The number of rotatable bonds is 3. The van der Waals surface area contributed by atoms with E-state index < -0.39 is 0 Å². The van der Waals surface area contributed by atoms with Gasteiger partial charge >= 0.3 is 0 Å². The van der Waals surface area contributed by atoms with Gasteiger partial charge in [-0.1, -0.05) is 24.3 Å². The van der Waals surface area contributed by atoms with E-state index in [0.29, 0.717) is 24.0 Å². The number of nitrogens with zero attached hydrogens (tertiary/aromatic N) is 1. The van der Waals surface area contributed by atoms with Gasteiger partial charge in [0.15, 0.2) is 5.96 Å². The third-order valence-corrected chi connectivity index (χ3v) is 3.16. The lowest BCUT2D eigenvalue weighted by molar-refractivity contribution is 0.326. The van der Waals surface area contributed by atoms with Crippen LogP contribution in [0.4, 0.5) is 4.39 Å². The highest BCUT2D eigenvalue weighted by Crippen LogP contribution is 2.26. The zero-order valence-corrected chi connectivity index (χ0v) is 10.8. The summed E-state index contributed by atoms with van der Waals surface area (Å²) in [6.07, 6.45) is 3.83. The minimum Gasteiger partial charge on any atom is -0.370 e. The molecule has 0 unspecified atom stereocenters. The average Bonchev–Trinajstić information content (AvgIpc) is 2.33. The van der Waals surface area contributed by atoms with Crippen molar-refractivity contribution in [2.75, 3.05) is 13.1 Å². The fourth-order valence-electron chi connectivity index (χ4n) is 1.81. The monoisotopic (exact) mass is 259 g/mol. The maximum Gasteiger partial charge on any atom is 0.189 e. The molecule has 100 valence electrons. The molecule has 0 aliphatic heterocycles. The lowest BCUT2D eigenvalue weighted by Gasteiger charge is -2.23. The van der Waals surface area contributed by atoms with Crippen molar-refractivity contribution in [2.45, 2.75) is 19.3 Å². The maximum atomic E-state index is 12.9. The highest BCUT2D eigenvalue weighted by molar-refractivity contribution is 5.78. The Morgan fingerprint density at radius 3 is 3.00 bits per heavy atom. The van der Waals surface area contributed by atoms with Gasteiger partial charge in [-0.15, -0.1) is 0 Å². The van der Waals surface area contributed by atoms with Gasteiger partial charge in [-0.25, -0.2) is 4.39 Å². The lowest BCUT2D eigenvalue weighted by Crippen LogP contribution is -2.32. The summed E-state index contributed by atoms with van der Waals surface area (Å²) in [5.41, 5.74) is 6.37. The van der Waals surface area contributed by atoms with E-state index in [0.717, 1.165) is 6.54 Å². The average molecular weight is 259 g/mol. The molecule has 0 saturated heterocycles. The Hall–Kier alpha value is -2.02. The van der Waals surface area contributed by atoms with Crippen LogP contribution in [0.25, 0.3) is 0 Å². The van der Waals surface area contributed by atoms with Crippen molar-refractivity contribution in [3.8, 4) is 11.8 Å². The molecule has 1 saturated carbocycles. The molecule has 0 aromatic heterocycles. The van der Waals surface area contributed by atoms with Crippen molar-refractivity contribution < 1.29 is 4.39 Å². The highest BCUT2D eigenvalue weighted by Gasteiger charge is 2.16. The van der Waals surface area contributed by atoms with Crippen LogP contribution < -0.4 is 11.1 Å². The molecule has 3 nitrogen and oxygen atoms in total. The van der Waals surface area contributed by atoms with Crippen LogP contribution in [-0.4, -0.2) is 19.0 Å². The third-order valence-electron chi connectivity index (χ3n) is 3.16. The Morgan fingerprint density at radius 2 is 2.32 bits per heavy atom. The van der Waals surface area contributed by atoms with Crippen LogP contribution in [0.2, 0.25) is 0 Å². The van der Waals surface area contributed by atoms with Gasteiger partial charge in [0.1, 0.15) is 5.82 Å². The molecule has 1 fully saturated rings. The number of nitrogens with one attached hydrogen (secondary N) is 1. The smallest absolute Gasteiger partial charge is 0.189 e. The first-order valence-corrected chi connectivity index (χ1v) is 6.52. The van der Waals surface area contributed by atoms with Gasteiger partial charge in [0.25, 0.3) is 0 Å². The molecular formula is C15H18FN3. The topological polar surface area (TPSA) is 50.4 Å². The fourth-order valence-corrected chi connectivity index (χ4v) is 1.81. The van der Waals surface area contributed by atoms with E-state index >= 15 is 0 Å². The van der Waals surface area contributed by atoms with Crippen molar-refractivity contribution in [3.05, 3.63) is 35.6 Å². The number of benzene rings is 1. The Kier molecular flexibility index (Phi) is 4.79. The summed E-state index contributed by atoms with van der Waals surface area (Å²) in [5, 5.41) is 2.93. The largest absolute Gasteiger partial charge is 0.370 e. The van der Waals surface area contributed by atoms with Gasteiger partial charge < -0.3 is 11.1 Å². The molecule has 0 amide bonds. The van der Waals surface area contributed by atoms with Crippen molar-refractivity contribution in [3.63, 3.8) is 0 Å². The van der Waals surface area contributed by atoms with Crippen LogP contribution in [0.5, 0.6) is 0 Å². The molecule has 19 heavy (non-hydrogen) atoms. The zero-order valence-electron chi connectivity index (χ0n) is 10.8. The van der Waals surface area contributed by atoms with E-state index in [4.69, 9.17) is 5.73 Å². The van der Waals surface area contributed by atoms with Gasteiger partial charge in [-0.3, -0.25) is 4.99 Å². The van der Waals surface area contributed by atoms with Crippen LogP contribution >= 0.6 is 0 Å². The molecule has 1 aromatic rings. The van der Waals surface area contributed by atoms with E-state index in [2.05, 4.69) is 22.2 Å². The summed E-state index contributed by atoms with van der Waals surface area (Å²) < 4.78 is 12.9. The first-order chi connectivity index (χ1) is 9.24. The highest BCUT2D eigenvalue weighted by atomic mass is 19.1. The molecule has 0 radical (unpaired) electrons. The van der Waals surface area contributed by atoms with Crippen molar-refractivity contribution >= 4 is 5.96 Å². The van der Waals surface area contributed by atoms with E-state index in [1.165, 1.54) is 31.4 Å². The fraction of sp³-hybridized carbons (Fsp3) is 0.400. The predicted octanol–water partition coefficient (Wildman–Crippen LogP) is 1.88. The molecule has 1 aliphatic carbocycles. The van der Waals surface area contributed by atoms with E-state index in [1.54, 1.807) is 12.1 Å². The number of hydrogen-bond donors (Lipinski definition) is 2. The molecule has 2 rings (SSSR count). The Balaban J connectivity index is 1.73. The summed E-state index contributed by atoms with van der Waals surface area (Å²) in [7, 11) is 0. The number of guanidine groups is 1. The van der Waals surface area contributed by atoms with Crippen molar-refractivity contribution in [1.82, 2.24) is 5.32 Å². The SMILES string of the molecule is NC(=NCC1CCC1)NCC#Cc1cccc(F)c1. The van der Waals surface area contributed by atoms with Crippen LogP contribution in [0.15, 0.2) is 29.3 Å². The maximum absolute atomic E-state index is 12.9. The third kappa shape index (κ3) is 4.63. The lowest BCUT2D eigenvalue weighted by atomic mass is 9.86. The van der Waals surface area contributed by atoms with E-state index in [1.807, 2.05) is 0 Å². The summed E-state index contributed by atoms with van der Waals surface area (Å²) in [6.45, 7) is 1.21. The van der Waals surface area contributed by atoms with Crippen LogP contribution in [0.1, 0.15) is 24.8 Å². The van der Waals surface area contributed by atoms with Crippen LogP contribution in [0.3, 0.4) is 0 Å². The number of hydrogen-bond acceptors (Lipinski definition) is 1. The quantitative estimate of drug-likeness (QED) is 0.495. The Labute approximate surface area is 113 Å². The predicted molar refractivity (Wildman–Crippen MR) is 75.1 cm³/mol. The van der Waals surface area contributed by atoms with Crippen LogP contribution in [0, 0.1) is 23.6 Å². The summed E-state index contributed by atoms with van der Waals surface area (Å²) >= 11 is 0. The molecule has 0 spiro atoms. The molecular weight excluding hydrogens is 241 g/mol. The minimum atomic E-state index is -0.277. The zero-order chi connectivity index (χ0) is 13.5. The number of halogens is 1. The number of aliphatic imine (C=N–C) groups is 1. The molecule has 0 atom stereocenters. The normalized spacial score (nSPS) is 15.3. The second-order valence-corrected chi connectivity index (χ2v) is 4.69. The van der Waals surface area contributed by atoms with Crippen molar-refractivity contribution in [2.24, 2.45) is 16.6 Å². The first-order valence-electron chi connectivity index (χ1n) is 6.52. The van der Waals surface area contributed by atoms with Gasteiger partial charge in [0, 0.05) is 12.1 Å². The van der Waals surface area contributed by atoms with Crippen molar-refractivity contribution in [1.29, 1.82) is 0 Å². The molecule has 0 heterocycles. The van der Waals surface area contributed by atoms with E-state index in [9.17, 15) is 4.39 Å². The molecule has 1 aliphatic rings. The number of nitrogens with two attached hydrogens (primary N) is 1. The van der Waals surface area contributed by atoms with Gasteiger partial charge in [0.05, 0.1) is 6.54 Å². The summed E-state index contributed by atoms with van der Waals surface area (Å²) in [4.78, 5) is 4.26. The molecule has 4 heteroatoms. The molecule has 0 bridgehead atoms. The van der Waals surface area contributed by atoms with Gasteiger partial charge in [-0.05, 0) is 37.0 Å². The first kappa shape index (κ1) is 13.4. The van der Waals surface area contributed by atoms with Gasteiger partial charge in [0.2, 0.25) is 0 Å². The summed E-state index contributed by atoms with van der Waals surface area (Å²) in [5.74, 6) is 6.61. The summed E-state index contributed by atoms with van der Waals surface area (Å²) in [6, 6.07) is 6.21. The second kappa shape index (κ2) is 6.79. The molecule has 3 N–H and O–H groups in total. The van der Waals surface area contributed by atoms with Crippen LogP contribution in [-0.2, 0) is 0 Å².